The highest BCUT2D eigenvalue weighted by Gasteiger charge is 2.47. The van der Waals surface area contributed by atoms with E-state index in [1.807, 2.05) is 0 Å². The lowest BCUT2D eigenvalue weighted by Gasteiger charge is -2.26. The van der Waals surface area contributed by atoms with Crippen molar-refractivity contribution in [2.24, 2.45) is 0 Å². The van der Waals surface area contributed by atoms with Crippen molar-refractivity contribution in [3.05, 3.63) is 86.9 Å². The van der Waals surface area contributed by atoms with Gasteiger partial charge in [-0.1, -0.05) is 47.5 Å². The first kappa shape index (κ1) is 28.8. The van der Waals surface area contributed by atoms with Gasteiger partial charge >= 0.3 is 5.97 Å². The fourth-order valence-electron chi connectivity index (χ4n) is 4.51. The summed E-state index contributed by atoms with van der Waals surface area (Å²) in [5.41, 5.74) is 1.34. The van der Waals surface area contributed by atoms with Crippen molar-refractivity contribution in [1.82, 2.24) is 0 Å². The number of carbonyl (C=O) groups excluding carboxylic acids is 3. The van der Waals surface area contributed by atoms with Gasteiger partial charge in [-0.15, -0.1) is 0 Å². The number of ketones is 1. The lowest BCUT2D eigenvalue weighted by atomic mass is 9.94. The predicted molar refractivity (Wildman–Crippen MR) is 150 cm³/mol. The van der Waals surface area contributed by atoms with Crippen molar-refractivity contribution in [2.75, 3.05) is 33.3 Å². The van der Waals surface area contributed by atoms with Crippen molar-refractivity contribution in [1.29, 1.82) is 0 Å². The van der Waals surface area contributed by atoms with Gasteiger partial charge in [0, 0.05) is 5.69 Å². The molecule has 1 N–H and O–H groups in total. The highest BCUT2D eigenvalue weighted by molar-refractivity contribution is 6.52. The minimum absolute atomic E-state index is 0.00300. The molecule has 4 rings (SSSR count). The van der Waals surface area contributed by atoms with Crippen molar-refractivity contribution in [2.45, 2.75) is 12.5 Å². The molecular weight excluding hydrogens is 561 g/mol. The van der Waals surface area contributed by atoms with Crippen LogP contribution in [0.5, 0.6) is 17.2 Å². The largest absolute Gasteiger partial charge is 0.507 e. The Kier molecular flexibility index (Phi) is 8.56. The second kappa shape index (κ2) is 11.9. The summed E-state index contributed by atoms with van der Waals surface area (Å²) in [6.07, 6.45) is 0.0380. The number of Topliss-reactive ketones (excluding diaryl/α,β-unsaturated/α-hetero) is 1. The summed E-state index contributed by atoms with van der Waals surface area (Å²) in [5, 5.41) is 11.6. The Morgan fingerprint density at radius 1 is 0.900 bits per heavy atom. The quantitative estimate of drug-likeness (QED) is 0.163. The lowest BCUT2D eigenvalue weighted by Crippen LogP contribution is -2.29. The zero-order valence-electron chi connectivity index (χ0n) is 22.0. The highest BCUT2D eigenvalue weighted by atomic mass is 35.5. The predicted octanol–water partition coefficient (Wildman–Crippen LogP) is 5.36. The van der Waals surface area contributed by atoms with Gasteiger partial charge < -0.3 is 24.1 Å². The number of aliphatic hydroxyl groups excluding tert-OH is 1. The SMILES string of the molecule is COC(=O)Cc1ccc(N2C(=O)C(=O)/C(=C(/O)c3cc(Cl)c(OC)c(Cl)c3OC)C2c2ccc(OC)cc2)cc1. The first-order valence-corrected chi connectivity index (χ1v) is 12.6. The van der Waals surface area contributed by atoms with Crippen LogP contribution in [-0.4, -0.2) is 51.2 Å². The maximum absolute atomic E-state index is 13.5. The molecule has 3 aromatic carbocycles. The molecule has 0 bridgehead atoms. The number of rotatable bonds is 8. The number of methoxy groups -OCH3 is 4. The fraction of sp³-hybridized carbons (Fsp3) is 0.207. The average Bonchev–Trinajstić information content (AvgIpc) is 3.22. The topological polar surface area (TPSA) is 112 Å². The third-order valence-electron chi connectivity index (χ3n) is 6.46. The number of hydrogen-bond acceptors (Lipinski definition) is 8. The molecule has 40 heavy (non-hydrogen) atoms. The lowest BCUT2D eigenvalue weighted by molar-refractivity contribution is -0.139. The Morgan fingerprint density at radius 2 is 1.52 bits per heavy atom. The van der Waals surface area contributed by atoms with E-state index in [4.69, 9.17) is 42.1 Å². The first-order chi connectivity index (χ1) is 19.2. The van der Waals surface area contributed by atoms with Crippen LogP contribution in [0.3, 0.4) is 0 Å². The molecule has 1 heterocycles. The molecular formula is C29H25Cl2NO8. The van der Waals surface area contributed by atoms with Crippen molar-refractivity contribution < 1.29 is 38.4 Å². The molecule has 1 atom stereocenters. The smallest absolute Gasteiger partial charge is 0.309 e. The van der Waals surface area contributed by atoms with Crippen molar-refractivity contribution in [3.8, 4) is 17.2 Å². The van der Waals surface area contributed by atoms with Gasteiger partial charge in [-0.3, -0.25) is 19.3 Å². The third-order valence-corrected chi connectivity index (χ3v) is 7.09. The van der Waals surface area contributed by atoms with Gasteiger partial charge in [0.05, 0.1) is 57.1 Å². The van der Waals surface area contributed by atoms with Crippen LogP contribution in [0.1, 0.15) is 22.7 Å². The molecule has 0 aliphatic carbocycles. The standard InChI is InChI=1S/C29H25Cl2NO8/c1-37-18-11-7-16(8-12-18)24-22(25(34)19-14-20(30)28(40-4)23(31)27(19)39-3)26(35)29(36)32(24)17-9-5-15(6-10-17)13-21(33)38-2/h5-12,14,24,34H,13H2,1-4H3/b25-22+. The molecule has 0 saturated carbocycles. The summed E-state index contributed by atoms with van der Waals surface area (Å²) in [6.45, 7) is 0. The second-order valence-corrected chi connectivity index (χ2v) is 9.43. The number of esters is 1. The maximum atomic E-state index is 13.5. The molecule has 0 aromatic heterocycles. The Morgan fingerprint density at radius 3 is 2.08 bits per heavy atom. The summed E-state index contributed by atoms with van der Waals surface area (Å²) in [5.74, 6) is -2.06. The molecule has 1 amide bonds. The number of ether oxygens (including phenoxy) is 4. The van der Waals surface area contributed by atoms with Crippen LogP contribution in [-0.2, 0) is 25.5 Å². The van der Waals surface area contributed by atoms with Gasteiger partial charge in [0.1, 0.15) is 16.5 Å². The van der Waals surface area contributed by atoms with Gasteiger partial charge in [0.15, 0.2) is 11.5 Å². The van der Waals surface area contributed by atoms with Crippen LogP contribution < -0.4 is 19.1 Å². The number of hydrogen-bond donors (Lipinski definition) is 1. The summed E-state index contributed by atoms with van der Waals surface area (Å²) in [6, 6.07) is 13.6. The Labute approximate surface area is 240 Å². The van der Waals surface area contributed by atoms with E-state index in [0.29, 0.717) is 22.6 Å². The van der Waals surface area contributed by atoms with Crippen molar-refractivity contribution in [3.63, 3.8) is 0 Å². The van der Waals surface area contributed by atoms with E-state index in [-0.39, 0.29) is 39.1 Å². The molecule has 0 spiro atoms. The highest BCUT2D eigenvalue weighted by Crippen LogP contribution is 2.48. The number of carbonyl (C=O) groups is 3. The van der Waals surface area contributed by atoms with E-state index in [0.717, 1.165) is 0 Å². The molecule has 1 aliphatic heterocycles. The van der Waals surface area contributed by atoms with Crippen LogP contribution in [0.15, 0.2) is 60.2 Å². The maximum Gasteiger partial charge on any atom is 0.309 e. The van der Waals surface area contributed by atoms with E-state index in [2.05, 4.69) is 0 Å². The number of amides is 1. The van der Waals surface area contributed by atoms with E-state index >= 15 is 0 Å². The van der Waals surface area contributed by atoms with Gasteiger partial charge in [-0.25, -0.2) is 0 Å². The number of halogens is 2. The first-order valence-electron chi connectivity index (χ1n) is 11.9. The van der Waals surface area contributed by atoms with Crippen LogP contribution in [0.4, 0.5) is 5.69 Å². The fourth-order valence-corrected chi connectivity index (χ4v) is 5.19. The molecule has 208 valence electrons. The Balaban J connectivity index is 1.93. The number of aliphatic hydroxyl groups is 1. The van der Waals surface area contributed by atoms with Crippen LogP contribution in [0.2, 0.25) is 10.0 Å². The normalized spacial score (nSPS) is 16.1. The van der Waals surface area contributed by atoms with E-state index < -0.39 is 29.5 Å². The van der Waals surface area contributed by atoms with E-state index in [9.17, 15) is 19.5 Å². The zero-order valence-corrected chi connectivity index (χ0v) is 23.5. The number of benzene rings is 3. The zero-order chi connectivity index (χ0) is 29.1. The average molecular weight is 586 g/mol. The molecule has 9 nitrogen and oxygen atoms in total. The Hall–Kier alpha value is -4.21. The van der Waals surface area contributed by atoms with E-state index in [1.54, 1.807) is 48.5 Å². The number of anilines is 1. The second-order valence-electron chi connectivity index (χ2n) is 8.65. The molecule has 1 aliphatic rings. The van der Waals surface area contributed by atoms with Gasteiger partial charge in [0.25, 0.3) is 11.7 Å². The summed E-state index contributed by atoms with van der Waals surface area (Å²) in [4.78, 5) is 40.0. The summed E-state index contributed by atoms with van der Waals surface area (Å²) in [7, 11) is 5.52. The van der Waals surface area contributed by atoms with E-state index in [1.165, 1.54) is 39.4 Å². The molecule has 1 saturated heterocycles. The number of nitrogens with zero attached hydrogens (tertiary/aromatic N) is 1. The van der Waals surface area contributed by atoms with Crippen LogP contribution >= 0.6 is 23.2 Å². The van der Waals surface area contributed by atoms with Gasteiger partial charge in [-0.05, 0) is 41.5 Å². The summed E-state index contributed by atoms with van der Waals surface area (Å²) < 4.78 is 20.6. The molecule has 1 fully saturated rings. The molecule has 3 aromatic rings. The molecule has 1 unspecified atom stereocenters. The molecule has 0 radical (unpaired) electrons. The van der Waals surface area contributed by atoms with Crippen molar-refractivity contribution >= 4 is 52.3 Å². The Bertz CT molecular complexity index is 1500. The van der Waals surface area contributed by atoms with Gasteiger partial charge in [0.2, 0.25) is 0 Å². The van der Waals surface area contributed by atoms with Gasteiger partial charge in [-0.2, -0.15) is 0 Å². The third kappa shape index (κ3) is 5.17. The van der Waals surface area contributed by atoms with Crippen LogP contribution in [0, 0.1) is 0 Å². The monoisotopic (exact) mass is 585 g/mol. The minimum Gasteiger partial charge on any atom is -0.507 e. The minimum atomic E-state index is -1.04. The van der Waals surface area contributed by atoms with Crippen LogP contribution in [0.25, 0.3) is 5.76 Å². The molecule has 11 heteroatoms. The summed E-state index contributed by atoms with van der Waals surface area (Å²) >= 11 is 12.8.